The van der Waals surface area contributed by atoms with Crippen molar-refractivity contribution in [3.05, 3.63) is 0 Å². The molecule has 0 unspecified atom stereocenters. The third-order valence-corrected chi connectivity index (χ3v) is 3.74. The van der Waals surface area contributed by atoms with Gasteiger partial charge in [-0.2, -0.15) is 0 Å². The minimum absolute atomic E-state index is 0. The molecule has 2 saturated heterocycles. The molecule has 7 heteroatoms. The molecule has 0 spiro atoms. The van der Waals surface area contributed by atoms with Crippen molar-refractivity contribution >= 4 is 63.0 Å². The van der Waals surface area contributed by atoms with E-state index in [4.69, 9.17) is 0 Å². The molecule has 0 N–H and O–H groups in total. The van der Waals surface area contributed by atoms with Crippen LogP contribution in [0.4, 0.5) is 9.59 Å². The summed E-state index contributed by atoms with van der Waals surface area (Å²) in [5, 5.41) is -0.371. The van der Waals surface area contributed by atoms with E-state index >= 15 is 0 Å². The fourth-order valence-corrected chi connectivity index (χ4v) is 2.52. The predicted octanol–water partition coefficient (Wildman–Crippen LogP) is 1.90. The van der Waals surface area contributed by atoms with Crippen molar-refractivity contribution in [2.75, 3.05) is 26.2 Å². The monoisotopic (exact) mass is 496 g/mol. The molecular formula is C12H20N2O2PbS2. The second-order valence-corrected chi connectivity index (χ2v) is 5.33. The van der Waals surface area contributed by atoms with Crippen molar-refractivity contribution in [3.8, 4) is 0 Å². The summed E-state index contributed by atoms with van der Waals surface area (Å²) in [6.07, 6.45) is 7.01. The number of rotatable bonds is 0. The summed E-state index contributed by atoms with van der Waals surface area (Å²) >= 11 is 8.97. The van der Waals surface area contributed by atoms with Crippen molar-refractivity contribution in [2.24, 2.45) is 0 Å². The van der Waals surface area contributed by atoms with Crippen LogP contribution in [0.3, 0.4) is 0 Å². The molecule has 4 nitrogen and oxygen atoms in total. The molecule has 0 aliphatic carbocycles. The second-order valence-electron chi connectivity index (χ2n) is 4.63. The molecule has 106 valence electrons. The number of nitrogens with zero attached hydrogens (tertiary/aromatic N) is 2. The molecule has 2 aliphatic rings. The van der Waals surface area contributed by atoms with Crippen molar-refractivity contribution in [3.63, 3.8) is 0 Å². The molecule has 2 fully saturated rings. The van der Waals surface area contributed by atoms with E-state index in [1.165, 1.54) is 12.8 Å². The molecule has 2 aliphatic heterocycles. The van der Waals surface area contributed by atoms with Gasteiger partial charge in [0.25, 0.3) is 0 Å². The van der Waals surface area contributed by atoms with E-state index in [1.54, 1.807) is 9.80 Å². The predicted molar refractivity (Wildman–Crippen MR) is 82.1 cm³/mol. The van der Waals surface area contributed by atoms with Gasteiger partial charge in [0.05, 0.1) is 0 Å². The average molecular weight is 496 g/mol. The molecule has 2 radical (unpaired) electrons. The Morgan fingerprint density at radius 1 is 0.632 bits per heavy atom. The van der Waals surface area contributed by atoms with Crippen LogP contribution in [-0.2, 0) is 25.3 Å². The molecule has 0 atom stereocenters. The Balaban J connectivity index is 0.000000324. The molecular weight excluding hydrogens is 475 g/mol. The Morgan fingerprint density at radius 2 is 0.895 bits per heavy atom. The van der Waals surface area contributed by atoms with Gasteiger partial charge in [-0.1, -0.05) is 0 Å². The van der Waals surface area contributed by atoms with Crippen LogP contribution in [0.1, 0.15) is 38.5 Å². The first-order valence-corrected chi connectivity index (χ1v) is 7.35. The van der Waals surface area contributed by atoms with Gasteiger partial charge in [-0.25, -0.2) is 0 Å². The average Bonchev–Trinajstić information content (AvgIpc) is 2.41. The Kier molecular flexibility index (Phi) is 11.2. The smallest absolute Gasteiger partial charge is 0.719 e. The van der Waals surface area contributed by atoms with Gasteiger partial charge >= 0.3 is 27.3 Å². The molecule has 0 aromatic rings. The number of carbonyl (C=O) groups excluding carboxylic acids is 2. The van der Waals surface area contributed by atoms with Gasteiger partial charge in [-0.05, 0) is 38.5 Å². The van der Waals surface area contributed by atoms with E-state index in [-0.39, 0.29) is 37.8 Å². The van der Waals surface area contributed by atoms with Crippen LogP contribution < -0.4 is 0 Å². The quantitative estimate of drug-likeness (QED) is 0.380. The van der Waals surface area contributed by atoms with Gasteiger partial charge in [0.1, 0.15) is 10.5 Å². The largest absolute Gasteiger partial charge is 2.00 e. The van der Waals surface area contributed by atoms with Crippen molar-refractivity contribution in [1.29, 1.82) is 0 Å². The molecule has 0 aromatic carbocycles. The van der Waals surface area contributed by atoms with Crippen LogP contribution in [0, 0.1) is 0 Å². The summed E-state index contributed by atoms with van der Waals surface area (Å²) < 4.78 is 0. The molecule has 0 aromatic heterocycles. The van der Waals surface area contributed by atoms with E-state index < -0.39 is 0 Å². The Morgan fingerprint density at radius 3 is 1.05 bits per heavy atom. The number of hydrogen-bond acceptors (Lipinski definition) is 4. The first-order valence-electron chi connectivity index (χ1n) is 6.53. The number of likely N-dealkylation sites (tertiary alicyclic amines) is 2. The summed E-state index contributed by atoms with van der Waals surface area (Å²) in [6, 6.07) is 0. The standard InChI is InChI=1S/2C6H11NOS.Pb/c2*8-6(9)7-4-2-1-3-5-7;/h2*1-5H2,(H,8,9);/q;;+2/p-2. The topological polar surface area (TPSA) is 40.6 Å². The molecule has 19 heavy (non-hydrogen) atoms. The summed E-state index contributed by atoms with van der Waals surface area (Å²) in [6.45, 7) is 3.51. The van der Waals surface area contributed by atoms with E-state index in [0.29, 0.717) is 0 Å². The fourth-order valence-electron chi connectivity index (χ4n) is 2.15. The fraction of sp³-hybridized carbons (Fsp3) is 0.833. The number of amides is 2. The number of piperidine rings is 2. The van der Waals surface area contributed by atoms with E-state index in [9.17, 15) is 9.59 Å². The first-order chi connectivity index (χ1) is 8.61. The van der Waals surface area contributed by atoms with Gasteiger partial charge in [-0.15, -0.1) is 0 Å². The van der Waals surface area contributed by atoms with Crippen LogP contribution in [0.2, 0.25) is 0 Å². The van der Waals surface area contributed by atoms with Crippen molar-refractivity contribution < 1.29 is 9.59 Å². The van der Waals surface area contributed by atoms with Crippen LogP contribution in [0.25, 0.3) is 0 Å². The van der Waals surface area contributed by atoms with Gasteiger partial charge in [0.2, 0.25) is 0 Å². The molecule has 0 saturated carbocycles. The normalized spacial score (nSPS) is 18.7. The van der Waals surface area contributed by atoms with E-state index in [2.05, 4.69) is 25.3 Å². The SMILES string of the molecule is O=C([S-])N1CCCCC1.O=C([S-])N1CCCCC1.[Pb+2]. The van der Waals surface area contributed by atoms with Gasteiger partial charge < -0.3 is 44.6 Å². The molecule has 2 amide bonds. The molecule has 0 bridgehead atoms. The summed E-state index contributed by atoms with van der Waals surface area (Å²) in [4.78, 5) is 24.5. The zero-order valence-corrected chi connectivity index (χ0v) is 16.6. The first kappa shape index (κ1) is 19.3. The van der Waals surface area contributed by atoms with Crippen molar-refractivity contribution in [1.82, 2.24) is 9.80 Å². The second kappa shape index (κ2) is 11.0. The van der Waals surface area contributed by atoms with Crippen LogP contribution in [0.15, 0.2) is 0 Å². The minimum atomic E-state index is -0.185. The van der Waals surface area contributed by atoms with Crippen LogP contribution >= 0.6 is 0 Å². The van der Waals surface area contributed by atoms with Gasteiger partial charge in [0, 0.05) is 26.2 Å². The summed E-state index contributed by atoms with van der Waals surface area (Å²) in [7, 11) is 0. The van der Waals surface area contributed by atoms with E-state index in [0.717, 1.165) is 51.9 Å². The zero-order chi connectivity index (χ0) is 13.4. The van der Waals surface area contributed by atoms with Crippen LogP contribution in [-0.4, -0.2) is 73.8 Å². The van der Waals surface area contributed by atoms with Gasteiger partial charge in [0.15, 0.2) is 0 Å². The third-order valence-electron chi connectivity index (χ3n) is 3.23. The Labute approximate surface area is 146 Å². The number of hydrogen-bond donors (Lipinski definition) is 0. The third kappa shape index (κ3) is 8.24. The summed E-state index contributed by atoms with van der Waals surface area (Å²) in [5.41, 5.74) is 0. The molecule has 2 heterocycles. The van der Waals surface area contributed by atoms with E-state index in [1.807, 2.05) is 0 Å². The maximum absolute atomic E-state index is 10.5. The summed E-state index contributed by atoms with van der Waals surface area (Å²) in [5.74, 6) is 0. The Hall–Kier alpha value is 0.302. The number of carbonyl (C=O) groups is 2. The van der Waals surface area contributed by atoms with Crippen molar-refractivity contribution in [2.45, 2.75) is 38.5 Å². The van der Waals surface area contributed by atoms with Crippen LogP contribution in [0.5, 0.6) is 0 Å². The Bertz CT molecular complexity index is 253. The maximum Gasteiger partial charge on any atom is 2.00 e. The minimum Gasteiger partial charge on any atom is -0.719 e. The van der Waals surface area contributed by atoms with Gasteiger partial charge in [-0.3, -0.25) is 0 Å². The molecule has 2 rings (SSSR count). The maximum atomic E-state index is 10.5. The zero-order valence-electron chi connectivity index (χ0n) is 11.1.